The number of hydrogen-bond acceptors (Lipinski definition) is 4. The van der Waals surface area contributed by atoms with Crippen LogP contribution in [0.4, 0.5) is 8.78 Å². The van der Waals surface area contributed by atoms with Gasteiger partial charge in [-0.3, -0.25) is 4.79 Å². The molecule has 0 N–H and O–H groups in total. The molecule has 4 nitrogen and oxygen atoms in total. The van der Waals surface area contributed by atoms with E-state index in [9.17, 15) is 13.6 Å². The van der Waals surface area contributed by atoms with E-state index in [1.54, 1.807) is 18.2 Å². The lowest BCUT2D eigenvalue weighted by Crippen LogP contribution is -2.37. The number of nitrogens with zero attached hydrogens (tertiary/aromatic N) is 2. The van der Waals surface area contributed by atoms with Crippen LogP contribution in [0.3, 0.4) is 0 Å². The number of fused-ring (bicyclic) bond motifs is 1. The van der Waals surface area contributed by atoms with Crippen molar-refractivity contribution < 1.29 is 18.1 Å². The van der Waals surface area contributed by atoms with Crippen LogP contribution >= 0.6 is 0 Å². The van der Waals surface area contributed by atoms with Gasteiger partial charge in [0.2, 0.25) is 0 Å². The SMILES string of the molecule is O=C(c1ccc(F)cc1)C1CCN(CCCc2noc3cc(F)ccc23)CC1. The summed E-state index contributed by atoms with van der Waals surface area (Å²) in [6.45, 7) is 2.68. The summed E-state index contributed by atoms with van der Waals surface area (Å²) in [6.07, 6.45) is 3.34. The Kier molecular flexibility index (Phi) is 5.48. The molecule has 0 unspecified atom stereocenters. The highest BCUT2D eigenvalue weighted by molar-refractivity contribution is 5.97. The Balaban J connectivity index is 1.25. The molecule has 0 amide bonds. The molecule has 0 spiro atoms. The smallest absolute Gasteiger partial charge is 0.170 e. The van der Waals surface area contributed by atoms with Crippen molar-refractivity contribution in [2.45, 2.75) is 25.7 Å². The molecule has 1 aromatic heterocycles. The van der Waals surface area contributed by atoms with Gasteiger partial charge in [-0.05, 0) is 81.7 Å². The lowest BCUT2D eigenvalue weighted by atomic mass is 9.89. The molecule has 1 fully saturated rings. The Labute approximate surface area is 162 Å². The molecule has 3 aromatic rings. The van der Waals surface area contributed by atoms with Gasteiger partial charge in [-0.15, -0.1) is 0 Å². The molecule has 0 saturated carbocycles. The first-order chi connectivity index (χ1) is 13.6. The average Bonchev–Trinajstić information content (AvgIpc) is 3.10. The minimum atomic E-state index is -0.326. The van der Waals surface area contributed by atoms with Gasteiger partial charge in [0.25, 0.3) is 0 Å². The summed E-state index contributed by atoms with van der Waals surface area (Å²) in [7, 11) is 0. The van der Waals surface area contributed by atoms with Gasteiger partial charge >= 0.3 is 0 Å². The molecule has 2 aromatic carbocycles. The van der Waals surface area contributed by atoms with Gasteiger partial charge in [0.15, 0.2) is 11.4 Å². The van der Waals surface area contributed by atoms with Crippen molar-refractivity contribution in [1.29, 1.82) is 0 Å². The Bertz CT molecular complexity index is 960. The minimum Gasteiger partial charge on any atom is -0.356 e. The molecule has 0 radical (unpaired) electrons. The van der Waals surface area contributed by atoms with Crippen LogP contribution in [0.5, 0.6) is 0 Å². The fourth-order valence-corrected chi connectivity index (χ4v) is 3.88. The summed E-state index contributed by atoms with van der Waals surface area (Å²) >= 11 is 0. The van der Waals surface area contributed by atoms with Crippen LogP contribution in [0.2, 0.25) is 0 Å². The zero-order valence-electron chi connectivity index (χ0n) is 15.5. The van der Waals surface area contributed by atoms with Gasteiger partial charge < -0.3 is 9.42 Å². The first-order valence-corrected chi connectivity index (χ1v) is 9.66. The standard InChI is InChI=1S/C22H22F2N2O2/c23-17-5-3-15(4-6-17)22(27)16-9-12-26(13-10-16)11-1-2-20-19-8-7-18(24)14-21(19)28-25-20/h3-8,14,16H,1-2,9-13H2. The maximum Gasteiger partial charge on any atom is 0.170 e. The van der Waals surface area contributed by atoms with Crippen LogP contribution in [0.1, 0.15) is 35.3 Å². The van der Waals surface area contributed by atoms with E-state index < -0.39 is 0 Å². The van der Waals surface area contributed by atoms with Crippen molar-refractivity contribution in [3.8, 4) is 0 Å². The highest BCUT2D eigenvalue weighted by Crippen LogP contribution is 2.23. The van der Waals surface area contributed by atoms with Crippen LogP contribution in [0.25, 0.3) is 11.0 Å². The van der Waals surface area contributed by atoms with Crippen LogP contribution in [-0.4, -0.2) is 35.5 Å². The molecule has 4 rings (SSSR count). The summed E-state index contributed by atoms with van der Waals surface area (Å²) in [6, 6.07) is 10.3. The monoisotopic (exact) mass is 384 g/mol. The second-order valence-electron chi connectivity index (χ2n) is 7.36. The summed E-state index contributed by atoms with van der Waals surface area (Å²) in [5.41, 5.74) is 1.93. The van der Waals surface area contributed by atoms with E-state index in [0.29, 0.717) is 11.1 Å². The number of aryl methyl sites for hydroxylation is 1. The average molecular weight is 384 g/mol. The number of carbonyl (C=O) groups is 1. The molecular formula is C22H22F2N2O2. The molecule has 0 atom stereocenters. The van der Waals surface area contributed by atoms with Crippen molar-refractivity contribution in [2.75, 3.05) is 19.6 Å². The zero-order valence-corrected chi connectivity index (χ0v) is 15.5. The number of piperidine rings is 1. The zero-order chi connectivity index (χ0) is 19.5. The highest BCUT2D eigenvalue weighted by Gasteiger charge is 2.25. The third-order valence-electron chi connectivity index (χ3n) is 5.48. The number of rotatable bonds is 6. The quantitative estimate of drug-likeness (QED) is 0.581. The molecule has 0 bridgehead atoms. The largest absolute Gasteiger partial charge is 0.356 e. The normalized spacial score (nSPS) is 15.9. The Morgan fingerprint density at radius 2 is 1.79 bits per heavy atom. The Hall–Kier alpha value is -2.60. The predicted molar refractivity (Wildman–Crippen MR) is 102 cm³/mol. The fraction of sp³-hybridized carbons (Fsp3) is 0.364. The van der Waals surface area contributed by atoms with Gasteiger partial charge in [-0.1, -0.05) is 5.16 Å². The second kappa shape index (κ2) is 8.19. The third kappa shape index (κ3) is 4.12. The highest BCUT2D eigenvalue weighted by atomic mass is 19.1. The predicted octanol–water partition coefficient (Wildman–Crippen LogP) is 4.63. The molecule has 146 valence electrons. The van der Waals surface area contributed by atoms with Gasteiger partial charge in [0, 0.05) is 22.9 Å². The topological polar surface area (TPSA) is 46.3 Å². The molecule has 1 saturated heterocycles. The van der Waals surface area contributed by atoms with Crippen LogP contribution < -0.4 is 0 Å². The molecule has 6 heteroatoms. The molecule has 1 aliphatic heterocycles. The number of halogens is 2. The fourth-order valence-electron chi connectivity index (χ4n) is 3.88. The second-order valence-corrected chi connectivity index (χ2v) is 7.36. The molecular weight excluding hydrogens is 362 g/mol. The van der Waals surface area contributed by atoms with Gasteiger partial charge in [-0.25, -0.2) is 8.78 Å². The lowest BCUT2D eigenvalue weighted by molar-refractivity contribution is 0.0839. The van der Waals surface area contributed by atoms with Crippen molar-refractivity contribution in [3.63, 3.8) is 0 Å². The van der Waals surface area contributed by atoms with Crippen molar-refractivity contribution in [2.24, 2.45) is 5.92 Å². The van der Waals surface area contributed by atoms with Gasteiger partial charge in [0.05, 0.1) is 5.69 Å². The van der Waals surface area contributed by atoms with E-state index in [1.165, 1.54) is 24.3 Å². The van der Waals surface area contributed by atoms with Crippen LogP contribution in [-0.2, 0) is 6.42 Å². The number of likely N-dealkylation sites (tertiary alicyclic amines) is 1. The summed E-state index contributed by atoms with van der Waals surface area (Å²) in [4.78, 5) is 14.9. The van der Waals surface area contributed by atoms with E-state index in [1.807, 2.05) is 0 Å². The van der Waals surface area contributed by atoms with E-state index in [4.69, 9.17) is 4.52 Å². The number of Topliss-reactive ketones (excluding diaryl/α,β-unsaturated/α-hetero) is 1. The minimum absolute atomic E-state index is 0.0103. The van der Waals surface area contributed by atoms with Crippen LogP contribution in [0, 0.1) is 17.6 Å². The molecule has 1 aliphatic rings. The maximum atomic E-state index is 13.2. The number of carbonyl (C=O) groups excluding carboxylic acids is 1. The molecule has 28 heavy (non-hydrogen) atoms. The number of ketones is 1. The first kappa shape index (κ1) is 18.7. The number of aromatic nitrogens is 1. The maximum absolute atomic E-state index is 13.2. The van der Waals surface area contributed by atoms with Gasteiger partial charge in [-0.2, -0.15) is 0 Å². The number of hydrogen-bond donors (Lipinski definition) is 0. The number of benzene rings is 2. The van der Waals surface area contributed by atoms with Crippen molar-refractivity contribution in [3.05, 3.63) is 65.4 Å². The summed E-state index contributed by atoms with van der Waals surface area (Å²) in [5.74, 6) is -0.526. The van der Waals surface area contributed by atoms with E-state index in [-0.39, 0.29) is 23.3 Å². The van der Waals surface area contributed by atoms with Crippen LogP contribution in [0.15, 0.2) is 47.0 Å². The van der Waals surface area contributed by atoms with E-state index >= 15 is 0 Å². The summed E-state index contributed by atoms with van der Waals surface area (Å²) in [5, 5.41) is 4.93. The Morgan fingerprint density at radius 1 is 1.07 bits per heavy atom. The molecule has 0 aliphatic carbocycles. The van der Waals surface area contributed by atoms with Gasteiger partial charge in [0.1, 0.15) is 11.6 Å². The third-order valence-corrected chi connectivity index (χ3v) is 5.48. The van der Waals surface area contributed by atoms with Crippen molar-refractivity contribution >= 4 is 16.8 Å². The lowest BCUT2D eigenvalue weighted by Gasteiger charge is -2.31. The molecule has 2 heterocycles. The first-order valence-electron chi connectivity index (χ1n) is 9.66. The summed E-state index contributed by atoms with van der Waals surface area (Å²) < 4.78 is 31.4. The van der Waals surface area contributed by atoms with E-state index in [0.717, 1.165) is 56.4 Å². The van der Waals surface area contributed by atoms with Crippen molar-refractivity contribution in [1.82, 2.24) is 10.1 Å². The Morgan fingerprint density at radius 3 is 2.54 bits per heavy atom. The van der Waals surface area contributed by atoms with E-state index in [2.05, 4.69) is 10.1 Å².